The normalized spacial score (nSPS) is 18.1. The third-order valence-corrected chi connectivity index (χ3v) is 2.80. The first-order valence-electron chi connectivity index (χ1n) is 5.77. The number of ether oxygens (including phenoxy) is 1. The summed E-state index contributed by atoms with van der Waals surface area (Å²) >= 11 is 0. The van der Waals surface area contributed by atoms with E-state index in [0.29, 0.717) is 11.8 Å². The van der Waals surface area contributed by atoms with E-state index in [1.807, 2.05) is 13.0 Å². The Balaban J connectivity index is 2.00. The number of anilines is 1. The van der Waals surface area contributed by atoms with Gasteiger partial charge >= 0.3 is 0 Å². The zero-order chi connectivity index (χ0) is 12.3. The molecule has 2 heterocycles. The molecule has 1 aliphatic heterocycles. The lowest BCUT2D eigenvalue weighted by Gasteiger charge is -2.32. The third-order valence-electron chi connectivity index (χ3n) is 2.80. The van der Waals surface area contributed by atoms with Crippen molar-refractivity contribution >= 4 is 5.95 Å². The fraction of sp³-hybridized carbons (Fsp3) is 0.636. The van der Waals surface area contributed by atoms with Gasteiger partial charge in [0.2, 0.25) is 11.8 Å². The highest BCUT2D eigenvalue weighted by molar-refractivity contribution is 5.29. The average Bonchev–Trinajstić information content (AvgIpc) is 2.31. The molecule has 0 atom stereocenters. The summed E-state index contributed by atoms with van der Waals surface area (Å²) in [6.45, 7) is 5.97. The number of nitrogens with zero attached hydrogens (tertiary/aromatic N) is 4. The van der Waals surface area contributed by atoms with Gasteiger partial charge in [-0.15, -0.1) is 0 Å². The molecule has 0 saturated carbocycles. The molecule has 17 heavy (non-hydrogen) atoms. The monoisotopic (exact) mass is 237 g/mol. The van der Waals surface area contributed by atoms with E-state index in [4.69, 9.17) is 4.74 Å². The lowest BCUT2D eigenvalue weighted by atomic mass is 10.4. The number of nitrogens with one attached hydrogen (secondary N) is 1. The number of hydrazine groups is 1. The third kappa shape index (κ3) is 3.28. The first-order chi connectivity index (χ1) is 8.17. The molecular formula is C11H19N5O. The van der Waals surface area contributed by atoms with Gasteiger partial charge < -0.3 is 9.64 Å². The van der Waals surface area contributed by atoms with Gasteiger partial charge in [0.1, 0.15) is 0 Å². The topological polar surface area (TPSA) is 53.5 Å². The number of hydrogen-bond donors (Lipinski definition) is 1. The predicted octanol–water partition coefficient (Wildman–Crippen LogP) is 0.368. The molecule has 1 aromatic heterocycles. The molecule has 2 rings (SSSR count). The average molecular weight is 237 g/mol. The number of aryl methyl sites for hydroxylation is 1. The van der Waals surface area contributed by atoms with E-state index < -0.39 is 0 Å². The summed E-state index contributed by atoms with van der Waals surface area (Å²) < 4.78 is 5.12. The molecule has 1 fully saturated rings. The van der Waals surface area contributed by atoms with E-state index in [-0.39, 0.29) is 0 Å². The minimum absolute atomic E-state index is 0.592. The fourth-order valence-electron chi connectivity index (χ4n) is 1.75. The Morgan fingerprint density at radius 1 is 1.24 bits per heavy atom. The number of hydrogen-bond acceptors (Lipinski definition) is 6. The van der Waals surface area contributed by atoms with E-state index in [9.17, 15) is 0 Å². The SMILES string of the molecule is COc1cc(C)nc(NN2CCN(C)CC2)n1. The molecule has 1 N–H and O–H groups in total. The summed E-state index contributed by atoms with van der Waals surface area (Å²) in [5.74, 6) is 1.19. The minimum Gasteiger partial charge on any atom is -0.481 e. The molecule has 6 heteroatoms. The van der Waals surface area contributed by atoms with Crippen LogP contribution in [0.3, 0.4) is 0 Å². The lowest BCUT2D eigenvalue weighted by Crippen LogP contribution is -2.47. The quantitative estimate of drug-likeness (QED) is 0.819. The first-order valence-corrected chi connectivity index (χ1v) is 5.77. The van der Waals surface area contributed by atoms with Gasteiger partial charge in [-0.25, -0.2) is 9.99 Å². The second kappa shape index (κ2) is 5.29. The number of aromatic nitrogens is 2. The van der Waals surface area contributed by atoms with Gasteiger partial charge in [-0.3, -0.25) is 5.43 Å². The predicted molar refractivity (Wildman–Crippen MR) is 66.0 cm³/mol. The molecular weight excluding hydrogens is 218 g/mol. The Morgan fingerprint density at radius 3 is 2.59 bits per heavy atom. The van der Waals surface area contributed by atoms with Gasteiger partial charge in [-0.05, 0) is 14.0 Å². The molecule has 0 radical (unpaired) electrons. The van der Waals surface area contributed by atoms with Crippen LogP contribution in [-0.4, -0.2) is 60.2 Å². The van der Waals surface area contributed by atoms with Crippen molar-refractivity contribution in [1.82, 2.24) is 19.9 Å². The summed E-state index contributed by atoms with van der Waals surface area (Å²) in [5.41, 5.74) is 4.12. The molecule has 1 aliphatic rings. The maximum atomic E-state index is 5.12. The second-order valence-corrected chi connectivity index (χ2v) is 4.28. The van der Waals surface area contributed by atoms with Crippen molar-refractivity contribution in [3.05, 3.63) is 11.8 Å². The van der Waals surface area contributed by atoms with Crippen LogP contribution >= 0.6 is 0 Å². The zero-order valence-electron chi connectivity index (χ0n) is 10.6. The van der Waals surface area contributed by atoms with Crippen molar-refractivity contribution in [1.29, 1.82) is 0 Å². The molecule has 1 saturated heterocycles. The number of likely N-dealkylation sites (N-methyl/N-ethyl adjacent to an activating group) is 1. The molecule has 0 aromatic carbocycles. The summed E-state index contributed by atoms with van der Waals surface area (Å²) in [5, 5.41) is 2.13. The molecule has 0 spiro atoms. The Labute approximate surface area is 102 Å². The van der Waals surface area contributed by atoms with Crippen LogP contribution in [0.25, 0.3) is 0 Å². The van der Waals surface area contributed by atoms with Crippen LogP contribution in [0.2, 0.25) is 0 Å². The molecule has 6 nitrogen and oxygen atoms in total. The summed E-state index contributed by atoms with van der Waals surface area (Å²) in [4.78, 5) is 10.9. The van der Waals surface area contributed by atoms with Gasteiger partial charge in [0.25, 0.3) is 0 Å². The first kappa shape index (κ1) is 12.1. The van der Waals surface area contributed by atoms with Gasteiger partial charge in [0.05, 0.1) is 7.11 Å². The minimum atomic E-state index is 0.592. The zero-order valence-corrected chi connectivity index (χ0v) is 10.6. The molecule has 94 valence electrons. The van der Waals surface area contributed by atoms with Crippen molar-refractivity contribution in [2.24, 2.45) is 0 Å². The highest BCUT2D eigenvalue weighted by atomic mass is 16.5. The molecule has 0 bridgehead atoms. The van der Waals surface area contributed by atoms with Crippen molar-refractivity contribution in [2.75, 3.05) is 45.8 Å². The van der Waals surface area contributed by atoms with Crippen LogP contribution in [0.15, 0.2) is 6.07 Å². The van der Waals surface area contributed by atoms with E-state index in [2.05, 4.69) is 32.4 Å². The van der Waals surface area contributed by atoms with Gasteiger partial charge in [-0.1, -0.05) is 0 Å². The number of rotatable bonds is 3. The Hall–Kier alpha value is -1.40. The van der Waals surface area contributed by atoms with E-state index >= 15 is 0 Å². The molecule has 0 aliphatic carbocycles. The van der Waals surface area contributed by atoms with Crippen LogP contribution in [0, 0.1) is 6.92 Å². The van der Waals surface area contributed by atoms with Crippen LogP contribution in [0.1, 0.15) is 5.69 Å². The Kier molecular flexibility index (Phi) is 3.75. The second-order valence-electron chi connectivity index (χ2n) is 4.28. The number of methoxy groups -OCH3 is 1. The van der Waals surface area contributed by atoms with Crippen molar-refractivity contribution in [3.63, 3.8) is 0 Å². The summed E-state index contributed by atoms with van der Waals surface area (Å²) in [6.07, 6.45) is 0. The van der Waals surface area contributed by atoms with Crippen molar-refractivity contribution in [2.45, 2.75) is 6.92 Å². The van der Waals surface area contributed by atoms with Gasteiger partial charge in [-0.2, -0.15) is 4.98 Å². The Morgan fingerprint density at radius 2 is 1.94 bits per heavy atom. The standard InChI is InChI=1S/C11H19N5O/c1-9-8-10(17-3)13-11(12-9)14-16-6-4-15(2)5-7-16/h8H,4-7H2,1-3H3,(H,12,13,14). The molecule has 0 amide bonds. The van der Waals surface area contributed by atoms with Crippen molar-refractivity contribution in [3.8, 4) is 5.88 Å². The van der Waals surface area contributed by atoms with E-state index in [1.165, 1.54) is 0 Å². The molecule has 1 aromatic rings. The lowest BCUT2D eigenvalue weighted by molar-refractivity contribution is 0.178. The Bertz CT molecular complexity index is 376. The maximum Gasteiger partial charge on any atom is 0.241 e. The van der Waals surface area contributed by atoms with Crippen LogP contribution in [0.5, 0.6) is 5.88 Å². The van der Waals surface area contributed by atoms with Crippen LogP contribution < -0.4 is 10.2 Å². The summed E-state index contributed by atoms with van der Waals surface area (Å²) in [7, 11) is 3.74. The fourth-order valence-corrected chi connectivity index (χ4v) is 1.75. The van der Waals surface area contributed by atoms with Crippen molar-refractivity contribution < 1.29 is 4.74 Å². The van der Waals surface area contributed by atoms with E-state index in [0.717, 1.165) is 31.9 Å². The largest absolute Gasteiger partial charge is 0.481 e. The maximum absolute atomic E-state index is 5.12. The number of piperazine rings is 1. The summed E-state index contributed by atoms with van der Waals surface area (Å²) in [6, 6.07) is 1.81. The van der Waals surface area contributed by atoms with E-state index in [1.54, 1.807) is 7.11 Å². The highest BCUT2D eigenvalue weighted by Gasteiger charge is 2.14. The van der Waals surface area contributed by atoms with Crippen LogP contribution in [-0.2, 0) is 0 Å². The van der Waals surface area contributed by atoms with Crippen LogP contribution in [0.4, 0.5) is 5.95 Å². The molecule has 0 unspecified atom stereocenters. The smallest absolute Gasteiger partial charge is 0.241 e. The highest BCUT2D eigenvalue weighted by Crippen LogP contribution is 2.12. The van der Waals surface area contributed by atoms with Gasteiger partial charge in [0, 0.05) is 37.9 Å². The van der Waals surface area contributed by atoms with Gasteiger partial charge in [0.15, 0.2) is 0 Å².